The normalized spacial score (nSPS) is 22.4. The van der Waals surface area contributed by atoms with Gasteiger partial charge in [-0.2, -0.15) is 0 Å². The molecule has 0 saturated carbocycles. The molecule has 1 aromatic rings. The fraction of sp³-hybridized carbons (Fsp3) is 0.643. The number of fused-ring (bicyclic) bond motifs is 2. The quantitative estimate of drug-likeness (QED) is 0.769. The maximum Gasteiger partial charge on any atom is 0.238 e. The molecule has 2 aliphatic rings. The van der Waals surface area contributed by atoms with Crippen molar-refractivity contribution >= 4 is 11.7 Å². The second-order valence-electron chi connectivity index (χ2n) is 6.45. The van der Waals surface area contributed by atoms with Gasteiger partial charge >= 0.3 is 0 Å². The molecule has 0 radical (unpaired) electrons. The number of hydrogen-bond donors (Lipinski definition) is 1. The van der Waals surface area contributed by atoms with E-state index in [1.165, 1.54) is 0 Å². The summed E-state index contributed by atoms with van der Waals surface area (Å²) < 4.78 is 0. The number of nitrogens with one attached hydrogen (secondary N) is 1. The molecule has 19 heavy (non-hydrogen) atoms. The highest BCUT2D eigenvalue weighted by Crippen LogP contribution is 2.43. The van der Waals surface area contributed by atoms with E-state index in [9.17, 15) is 4.79 Å². The van der Waals surface area contributed by atoms with Crippen molar-refractivity contribution in [2.45, 2.75) is 44.6 Å². The molecular formula is C14H20N4O. The van der Waals surface area contributed by atoms with Crippen molar-refractivity contribution in [2.24, 2.45) is 0 Å². The van der Waals surface area contributed by atoms with Gasteiger partial charge in [0.05, 0.1) is 11.1 Å². The summed E-state index contributed by atoms with van der Waals surface area (Å²) in [6, 6.07) is 0. The van der Waals surface area contributed by atoms with Crippen LogP contribution in [0.15, 0.2) is 12.4 Å². The van der Waals surface area contributed by atoms with Gasteiger partial charge in [0.15, 0.2) is 5.82 Å². The maximum absolute atomic E-state index is 12.4. The van der Waals surface area contributed by atoms with Crippen molar-refractivity contribution in [3.8, 4) is 0 Å². The molecule has 1 fully saturated rings. The second kappa shape index (κ2) is 4.00. The van der Waals surface area contributed by atoms with Crippen molar-refractivity contribution in [3.63, 3.8) is 0 Å². The van der Waals surface area contributed by atoms with E-state index in [4.69, 9.17) is 0 Å². The summed E-state index contributed by atoms with van der Waals surface area (Å²) in [4.78, 5) is 23.4. The third-order valence-electron chi connectivity index (χ3n) is 4.38. The standard InChI is InChI=1S/C14H20N4O/c1-13(2,3)18-8-4-14(5-9-18)10-11(17-12(14)19)16-7-6-15-10/h6-7H,4-5,8-9H2,1-3H3,(H,16,17,19). The number of carbonyl (C=O) groups is 1. The Balaban J connectivity index is 1.89. The SMILES string of the molecule is CC(C)(C)N1CCC2(CC1)C(=O)Nc1nccnc12. The fourth-order valence-electron chi connectivity index (χ4n) is 3.14. The van der Waals surface area contributed by atoms with Crippen LogP contribution < -0.4 is 5.32 Å². The molecule has 1 amide bonds. The van der Waals surface area contributed by atoms with E-state index in [2.05, 4.69) is 41.0 Å². The molecule has 0 bridgehead atoms. The zero-order chi connectivity index (χ0) is 13.7. The van der Waals surface area contributed by atoms with E-state index >= 15 is 0 Å². The van der Waals surface area contributed by atoms with Gasteiger partial charge in [-0.3, -0.25) is 14.7 Å². The Morgan fingerprint density at radius 1 is 1.21 bits per heavy atom. The Labute approximate surface area is 113 Å². The molecule has 0 unspecified atom stereocenters. The second-order valence-corrected chi connectivity index (χ2v) is 6.45. The lowest BCUT2D eigenvalue weighted by atomic mass is 9.75. The average Bonchev–Trinajstić information content (AvgIpc) is 2.63. The minimum atomic E-state index is -0.453. The molecule has 3 rings (SSSR count). The molecule has 2 aliphatic heterocycles. The Bertz CT molecular complexity index is 512. The summed E-state index contributed by atoms with van der Waals surface area (Å²) >= 11 is 0. The van der Waals surface area contributed by atoms with Crippen molar-refractivity contribution in [1.82, 2.24) is 14.9 Å². The topological polar surface area (TPSA) is 58.1 Å². The number of nitrogens with zero attached hydrogens (tertiary/aromatic N) is 3. The van der Waals surface area contributed by atoms with Crippen molar-refractivity contribution < 1.29 is 4.79 Å². The molecule has 102 valence electrons. The predicted molar refractivity (Wildman–Crippen MR) is 72.9 cm³/mol. The highest BCUT2D eigenvalue weighted by Gasteiger charge is 2.51. The van der Waals surface area contributed by atoms with Crippen LogP contribution in [0.5, 0.6) is 0 Å². The minimum absolute atomic E-state index is 0.0715. The number of likely N-dealkylation sites (tertiary alicyclic amines) is 1. The van der Waals surface area contributed by atoms with Gasteiger partial charge in [-0.05, 0) is 33.6 Å². The number of piperidine rings is 1. The van der Waals surface area contributed by atoms with Gasteiger partial charge in [-0.15, -0.1) is 0 Å². The predicted octanol–water partition coefficient (Wildman–Crippen LogP) is 1.56. The van der Waals surface area contributed by atoms with Gasteiger partial charge < -0.3 is 5.32 Å². The summed E-state index contributed by atoms with van der Waals surface area (Å²) in [6.07, 6.45) is 4.95. The van der Waals surface area contributed by atoms with E-state index in [0.29, 0.717) is 5.82 Å². The highest BCUT2D eigenvalue weighted by atomic mass is 16.2. The van der Waals surface area contributed by atoms with E-state index in [1.54, 1.807) is 12.4 Å². The van der Waals surface area contributed by atoms with Gasteiger partial charge in [-0.1, -0.05) is 0 Å². The molecule has 5 nitrogen and oxygen atoms in total. The Morgan fingerprint density at radius 3 is 2.47 bits per heavy atom. The summed E-state index contributed by atoms with van der Waals surface area (Å²) in [5, 5.41) is 2.88. The number of rotatable bonds is 0. The van der Waals surface area contributed by atoms with Crippen LogP contribution in [-0.4, -0.2) is 39.4 Å². The Kier molecular flexibility index (Phi) is 2.64. The first-order valence-electron chi connectivity index (χ1n) is 6.81. The zero-order valence-corrected chi connectivity index (χ0v) is 11.7. The first kappa shape index (κ1) is 12.5. The first-order chi connectivity index (χ1) is 8.93. The highest BCUT2D eigenvalue weighted by molar-refractivity contribution is 6.04. The lowest BCUT2D eigenvalue weighted by molar-refractivity contribution is -0.123. The van der Waals surface area contributed by atoms with Crippen molar-refractivity contribution in [3.05, 3.63) is 18.1 Å². The summed E-state index contributed by atoms with van der Waals surface area (Å²) in [5.41, 5.74) is 0.543. The largest absolute Gasteiger partial charge is 0.308 e. The van der Waals surface area contributed by atoms with E-state index in [0.717, 1.165) is 31.6 Å². The lowest BCUT2D eigenvalue weighted by Gasteiger charge is -2.43. The molecular weight excluding hydrogens is 240 g/mol. The van der Waals surface area contributed by atoms with E-state index < -0.39 is 5.41 Å². The van der Waals surface area contributed by atoms with Crippen LogP contribution in [0, 0.1) is 0 Å². The van der Waals surface area contributed by atoms with Crippen LogP contribution in [0.25, 0.3) is 0 Å². The molecule has 5 heteroatoms. The molecule has 1 spiro atoms. The first-order valence-corrected chi connectivity index (χ1v) is 6.81. The van der Waals surface area contributed by atoms with Crippen molar-refractivity contribution in [1.29, 1.82) is 0 Å². The van der Waals surface area contributed by atoms with Gasteiger partial charge in [-0.25, -0.2) is 4.98 Å². The number of aromatic nitrogens is 2. The van der Waals surface area contributed by atoms with Crippen LogP contribution in [0.1, 0.15) is 39.3 Å². The summed E-state index contributed by atoms with van der Waals surface area (Å²) in [5.74, 6) is 0.721. The van der Waals surface area contributed by atoms with Gasteiger partial charge in [0.2, 0.25) is 5.91 Å². The third-order valence-corrected chi connectivity index (χ3v) is 4.38. The van der Waals surface area contributed by atoms with Crippen LogP contribution >= 0.6 is 0 Å². The van der Waals surface area contributed by atoms with Crippen LogP contribution in [0.2, 0.25) is 0 Å². The fourth-order valence-corrected chi connectivity index (χ4v) is 3.14. The third kappa shape index (κ3) is 1.84. The monoisotopic (exact) mass is 260 g/mol. The summed E-state index contributed by atoms with van der Waals surface area (Å²) in [6.45, 7) is 8.49. The molecule has 3 heterocycles. The minimum Gasteiger partial charge on any atom is -0.308 e. The number of amides is 1. The van der Waals surface area contributed by atoms with Gasteiger partial charge in [0, 0.05) is 31.0 Å². The van der Waals surface area contributed by atoms with Gasteiger partial charge in [0.25, 0.3) is 0 Å². The van der Waals surface area contributed by atoms with Gasteiger partial charge in [0.1, 0.15) is 0 Å². The average molecular weight is 260 g/mol. The number of carbonyl (C=O) groups excluding carboxylic acids is 1. The number of anilines is 1. The molecule has 1 N–H and O–H groups in total. The Hall–Kier alpha value is -1.49. The lowest BCUT2D eigenvalue weighted by Crippen LogP contribution is -2.52. The molecule has 0 atom stereocenters. The van der Waals surface area contributed by atoms with Crippen LogP contribution in [-0.2, 0) is 10.2 Å². The Morgan fingerprint density at radius 2 is 1.84 bits per heavy atom. The van der Waals surface area contributed by atoms with Crippen LogP contribution in [0.3, 0.4) is 0 Å². The number of hydrogen-bond acceptors (Lipinski definition) is 4. The molecule has 0 aliphatic carbocycles. The van der Waals surface area contributed by atoms with Crippen LogP contribution in [0.4, 0.5) is 5.82 Å². The molecule has 1 aromatic heterocycles. The van der Waals surface area contributed by atoms with E-state index in [-0.39, 0.29) is 11.4 Å². The smallest absolute Gasteiger partial charge is 0.238 e. The van der Waals surface area contributed by atoms with Crippen molar-refractivity contribution in [2.75, 3.05) is 18.4 Å². The molecule has 1 saturated heterocycles. The zero-order valence-electron chi connectivity index (χ0n) is 11.7. The maximum atomic E-state index is 12.4. The summed E-state index contributed by atoms with van der Waals surface area (Å²) in [7, 11) is 0. The van der Waals surface area contributed by atoms with E-state index in [1.807, 2.05) is 0 Å². The molecule has 0 aromatic carbocycles.